The lowest BCUT2D eigenvalue weighted by atomic mass is 10.2. The minimum Gasteiger partial charge on any atom is -0.295 e. The number of hydrogen-bond donors (Lipinski definition) is 0. The normalized spacial score (nSPS) is 10.4. The van der Waals surface area contributed by atoms with Gasteiger partial charge in [-0.3, -0.25) is 4.79 Å². The molecule has 0 amide bonds. The Morgan fingerprint density at radius 3 is 2.78 bits per heavy atom. The molecule has 0 aliphatic heterocycles. The highest BCUT2D eigenvalue weighted by atomic mass is 79.9. The van der Waals surface area contributed by atoms with Crippen molar-refractivity contribution < 1.29 is 4.79 Å². The Morgan fingerprint density at radius 1 is 1.67 bits per heavy atom. The van der Waals surface area contributed by atoms with Crippen LogP contribution in [-0.4, -0.2) is 5.78 Å². The van der Waals surface area contributed by atoms with Gasteiger partial charge in [0.2, 0.25) is 0 Å². The molecule has 0 aromatic heterocycles. The van der Waals surface area contributed by atoms with Gasteiger partial charge in [0.25, 0.3) is 0 Å². The third-order valence-electron chi connectivity index (χ3n) is 1.03. The molecule has 0 aromatic rings. The van der Waals surface area contributed by atoms with E-state index in [-0.39, 0.29) is 5.78 Å². The van der Waals surface area contributed by atoms with Crippen molar-refractivity contribution in [1.29, 1.82) is 0 Å². The molecule has 0 unspecified atom stereocenters. The largest absolute Gasteiger partial charge is 0.295 e. The number of carbonyl (C=O) groups is 1. The monoisotopic (exact) mass is 190 g/mol. The summed E-state index contributed by atoms with van der Waals surface area (Å²) >= 11 is 3.04. The van der Waals surface area contributed by atoms with Crippen molar-refractivity contribution in [1.82, 2.24) is 0 Å². The Kier molecular flexibility index (Phi) is 5.94. The van der Waals surface area contributed by atoms with E-state index in [1.807, 2.05) is 0 Å². The highest BCUT2D eigenvalue weighted by Crippen LogP contribution is 1.96. The van der Waals surface area contributed by atoms with Gasteiger partial charge in [0.15, 0.2) is 5.78 Å². The minimum absolute atomic E-state index is 0.203. The Balaban J connectivity index is 3.27. The Bertz CT molecular complexity index is 107. The van der Waals surface area contributed by atoms with Crippen LogP contribution in [0.4, 0.5) is 0 Å². The quantitative estimate of drug-likeness (QED) is 0.624. The van der Waals surface area contributed by atoms with Gasteiger partial charge in [0.1, 0.15) is 0 Å². The zero-order valence-electron chi connectivity index (χ0n) is 5.56. The number of allylic oxidation sites excluding steroid dienone is 1. The first-order chi connectivity index (χ1) is 4.31. The number of carbonyl (C=O) groups excluding carboxylic acids is 1. The van der Waals surface area contributed by atoms with Gasteiger partial charge in [-0.15, -0.1) is 0 Å². The van der Waals surface area contributed by atoms with Crippen LogP contribution in [-0.2, 0) is 4.79 Å². The summed E-state index contributed by atoms with van der Waals surface area (Å²) in [6.07, 6.45) is 4.31. The Morgan fingerprint density at radius 2 is 2.33 bits per heavy atom. The molecule has 9 heavy (non-hydrogen) atoms. The molecule has 0 saturated carbocycles. The molecule has 0 heterocycles. The first-order valence-corrected chi connectivity index (χ1v) is 4.02. The molecule has 0 aliphatic carbocycles. The van der Waals surface area contributed by atoms with Gasteiger partial charge >= 0.3 is 0 Å². The number of ketones is 1. The van der Waals surface area contributed by atoms with E-state index in [1.54, 1.807) is 11.1 Å². The van der Waals surface area contributed by atoms with Crippen molar-refractivity contribution in [2.75, 3.05) is 0 Å². The van der Waals surface area contributed by atoms with Crippen molar-refractivity contribution >= 4 is 21.7 Å². The smallest absolute Gasteiger partial charge is 0.156 e. The Hall–Kier alpha value is -0.110. The second-order valence-corrected chi connectivity index (χ2v) is 2.39. The lowest BCUT2D eigenvalue weighted by molar-refractivity contribution is -0.114. The second-order valence-electron chi connectivity index (χ2n) is 1.86. The van der Waals surface area contributed by atoms with Crippen LogP contribution in [0, 0.1) is 0 Å². The van der Waals surface area contributed by atoms with Gasteiger partial charge in [0, 0.05) is 6.42 Å². The van der Waals surface area contributed by atoms with Gasteiger partial charge in [-0.2, -0.15) is 0 Å². The van der Waals surface area contributed by atoms with E-state index in [9.17, 15) is 4.79 Å². The van der Waals surface area contributed by atoms with Crippen LogP contribution in [0.15, 0.2) is 11.1 Å². The van der Waals surface area contributed by atoms with Crippen LogP contribution in [0.3, 0.4) is 0 Å². The first kappa shape index (κ1) is 8.89. The predicted octanol–water partition coefficient (Wildman–Crippen LogP) is 2.65. The molecule has 0 spiro atoms. The van der Waals surface area contributed by atoms with Gasteiger partial charge in [0.05, 0.1) is 0 Å². The maximum atomic E-state index is 10.7. The molecule has 0 aromatic carbocycles. The van der Waals surface area contributed by atoms with E-state index in [2.05, 4.69) is 22.9 Å². The van der Waals surface area contributed by atoms with Crippen molar-refractivity contribution in [3.63, 3.8) is 0 Å². The lowest BCUT2D eigenvalue weighted by Crippen LogP contribution is -1.89. The van der Waals surface area contributed by atoms with Crippen LogP contribution in [0.5, 0.6) is 0 Å². The average molecular weight is 191 g/mol. The third kappa shape index (κ3) is 5.77. The lowest BCUT2D eigenvalue weighted by Gasteiger charge is -1.88. The number of rotatable bonds is 4. The molecular weight excluding hydrogens is 180 g/mol. The summed E-state index contributed by atoms with van der Waals surface area (Å²) < 4.78 is 0. The SMILES string of the molecule is CCCCC(=O)C=CBr. The minimum atomic E-state index is 0.203. The number of unbranched alkanes of at least 4 members (excludes halogenated alkanes) is 1. The van der Waals surface area contributed by atoms with Crippen molar-refractivity contribution in [3.8, 4) is 0 Å². The van der Waals surface area contributed by atoms with E-state index in [4.69, 9.17) is 0 Å². The zero-order chi connectivity index (χ0) is 7.11. The van der Waals surface area contributed by atoms with E-state index < -0.39 is 0 Å². The maximum absolute atomic E-state index is 10.7. The van der Waals surface area contributed by atoms with Crippen LogP contribution < -0.4 is 0 Å². The molecule has 0 rings (SSSR count). The summed E-state index contributed by atoms with van der Waals surface area (Å²) in [5, 5.41) is 0. The topological polar surface area (TPSA) is 17.1 Å². The van der Waals surface area contributed by atoms with E-state index >= 15 is 0 Å². The Labute approximate surface area is 64.3 Å². The standard InChI is InChI=1S/C7H11BrO/c1-2-3-4-7(9)5-6-8/h5-6H,2-4H2,1H3. The predicted molar refractivity (Wildman–Crippen MR) is 42.6 cm³/mol. The highest BCUT2D eigenvalue weighted by Gasteiger charge is 1.92. The van der Waals surface area contributed by atoms with Gasteiger partial charge in [-0.1, -0.05) is 29.3 Å². The van der Waals surface area contributed by atoms with Crippen LogP contribution in [0.1, 0.15) is 26.2 Å². The van der Waals surface area contributed by atoms with Crippen molar-refractivity contribution in [2.24, 2.45) is 0 Å². The van der Waals surface area contributed by atoms with Gasteiger partial charge in [-0.05, 0) is 17.5 Å². The molecule has 1 nitrogen and oxygen atoms in total. The number of halogens is 1. The summed E-state index contributed by atoms with van der Waals surface area (Å²) in [5.41, 5.74) is 0. The van der Waals surface area contributed by atoms with E-state index in [1.165, 1.54) is 0 Å². The van der Waals surface area contributed by atoms with Crippen LogP contribution in [0.25, 0.3) is 0 Å². The van der Waals surface area contributed by atoms with E-state index in [0.29, 0.717) is 6.42 Å². The molecule has 0 fully saturated rings. The average Bonchev–Trinajstić information content (AvgIpc) is 1.85. The molecule has 0 saturated heterocycles. The highest BCUT2D eigenvalue weighted by molar-refractivity contribution is 9.11. The molecule has 0 bridgehead atoms. The molecule has 52 valence electrons. The van der Waals surface area contributed by atoms with Crippen LogP contribution >= 0.6 is 15.9 Å². The third-order valence-corrected chi connectivity index (χ3v) is 1.29. The van der Waals surface area contributed by atoms with Gasteiger partial charge < -0.3 is 0 Å². The maximum Gasteiger partial charge on any atom is 0.156 e. The number of hydrogen-bond acceptors (Lipinski definition) is 1. The zero-order valence-corrected chi connectivity index (χ0v) is 7.15. The fraction of sp³-hybridized carbons (Fsp3) is 0.571. The molecule has 0 N–H and O–H groups in total. The summed E-state index contributed by atoms with van der Waals surface area (Å²) in [5.74, 6) is 0.203. The molecular formula is C7H11BrO. The molecule has 2 heteroatoms. The van der Waals surface area contributed by atoms with Crippen molar-refractivity contribution in [3.05, 3.63) is 11.1 Å². The van der Waals surface area contributed by atoms with Gasteiger partial charge in [-0.25, -0.2) is 0 Å². The van der Waals surface area contributed by atoms with Crippen molar-refractivity contribution in [2.45, 2.75) is 26.2 Å². The molecule has 0 radical (unpaired) electrons. The summed E-state index contributed by atoms with van der Waals surface area (Å²) in [4.78, 5) is 12.3. The summed E-state index contributed by atoms with van der Waals surface area (Å²) in [6.45, 7) is 2.07. The van der Waals surface area contributed by atoms with E-state index in [0.717, 1.165) is 12.8 Å². The summed E-state index contributed by atoms with van der Waals surface area (Å²) in [6, 6.07) is 0. The molecule has 0 atom stereocenters. The fourth-order valence-electron chi connectivity index (χ4n) is 0.505. The second kappa shape index (κ2) is 6.02. The summed E-state index contributed by atoms with van der Waals surface area (Å²) in [7, 11) is 0. The first-order valence-electron chi connectivity index (χ1n) is 3.11. The molecule has 0 aliphatic rings. The van der Waals surface area contributed by atoms with Crippen LogP contribution in [0.2, 0.25) is 0 Å². The fourth-order valence-corrected chi connectivity index (χ4v) is 0.799.